The van der Waals surface area contributed by atoms with Crippen LogP contribution in [0.5, 0.6) is 0 Å². The smallest absolute Gasteiger partial charge is 0.171 e. The first-order chi connectivity index (χ1) is 6.65. The maximum absolute atomic E-state index is 11.1. The molecule has 0 radical (unpaired) electrons. The highest BCUT2D eigenvalue weighted by molar-refractivity contribution is 7.18. The van der Waals surface area contributed by atoms with E-state index in [0.717, 1.165) is 24.4 Å². The fourth-order valence-electron chi connectivity index (χ4n) is 1.16. The van der Waals surface area contributed by atoms with E-state index in [0.29, 0.717) is 10.6 Å². The van der Waals surface area contributed by atoms with E-state index in [4.69, 9.17) is 5.73 Å². The molecule has 1 rings (SSSR count). The Morgan fingerprint density at radius 3 is 2.86 bits per heavy atom. The molecule has 1 aromatic heterocycles. The minimum atomic E-state index is 0.0380. The Kier molecular flexibility index (Phi) is 3.95. The first kappa shape index (κ1) is 11.0. The molecule has 0 saturated carbocycles. The highest BCUT2D eigenvalue weighted by atomic mass is 32.1. The summed E-state index contributed by atoms with van der Waals surface area (Å²) in [7, 11) is 0. The van der Waals surface area contributed by atoms with Crippen LogP contribution in [0.3, 0.4) is 0 Å². The third-order valence-electron chi connectivity index (χ3n) is 1.91. The maximum Gasteiger partial charge on any atom is 0.171 e. The summed E-state index contributed by atoms with van der Waals surface area (Å²) < 4.78 is 0. The van der Waals surface area contributed by atoms with Crippen molar-refractivity contribution in [1.29, 1.82) is 0 Å². The predicted molar refractivity (Wildman–Crippen MR) is 62.1 cm³/mol. The van der Waals surface area contributed by atoms with E-state index in [2.05, 4.69) is 12.2 Å². The van der Waals surface area contributed by atoms with E-state index in [1.54, 1.807) is 0 Å². The van der Waals surface area contributed by atoms with Gasteiger partial charge in [0.2, 0.25) is 0 Å². The molecular weight excluding hydrogens is 196 g/mol. The van der Waals surface area contributed by atoms with Crippen molar-refractivity contribution in [3.05, 3.63) is 10.9 Å². The van der Waals surface area contributed by atoms with Crippen LogP contribution in [0, 0.1) is 0 Å². The van der Waals surface area contributed by atoms with Crippen molar-refractivity contribution in [2.75, 3.05) is 17.6 Å². The van der Waals surface area contributed by atoms with Gasteiger partial charge in [0.25, 0.3) is 0 Å². The second-order valence-corrected chi connectivity index (χ2v) is 4.28. The molecule has 4 heteroatoms. The topological polar surface area (TPSA) is 55.1 Å². The summed E-state index contributed by atoms with van der Waals surface area (Å²) in [4.78, 5) is 11.8. The third-order valence-corrected chi connectivity index (χ3v) is 3.12. The van der Waals surface area contributed by atoms with Gasteiger partial charge >= 0.3 is 0 Å². The lowest BCUT2D eigenvalue weighted by Crippen LogP contribution is -1.98. The van der Waals surface area contributed by atoms with Crippen molar-refractivity contribution < 1.29 is 4.79 Å². The predicted octanol–water partition coefficient (Wildman–Crippen LogP) is 2.74. The number of hydrogen-bond donors (Lipinski definition) is 2. The van der Waals surface area contributed by atoms with Crippen LogP contribution < -0.4 is 11.1 Å². The molecule has 0 aromatic carbocycles. The number of carbonyl (C=O) groups is 1. The van der Waals surface area contributed by atoms with Crippen LogP contribution in [-0.4, -0.2) is 12.3 Å². The first-order valence-corrected chi connectivity index (χ1v) is 5.61. The van der Waals surface area contributed by atoms with Crippen LogP contribution in [0.4, 0.5) is 10.7 Å². The highest BCUT2D eigenvalue weighted by Crippen LogP contribution is 2.29. The molecule has 3 nitrogen and oxygen atoms in total. The normalized spacial score (nSPS) is 10.1. The number of ketones is 1. The molecule has 0 aliphatic rings. The minimum absolute atomic E-state index is 0.0380. The van der Waals surface area contributed by atoms with Crippen LogP contribution in [0.15, 0.2) is 6.07 Å². The SMILES string of the molecule is CCCCNc1cc(N)c(C(C)=O)s1. The van der Waals surface area contributed by atoms with Gasteiger partial charge < -0.3 is 11.1 Å². The molecule has 14 heavy (non-hydrogen) atoms. The van der Waals surface area contributed by atoms with E-state index in [1.807, 2.05) is 6.07 Å². The molecule has 0 spiro atoms. The second-order valence-electron chi connectivity index (χ2n) is 3.23. The molecule has 0 fully saturated rings. The third kappa shape index (κ3) is 2.73. The number of Topliss-reactive ketones (excluding diaryl/α,β-unsaturated/α-hetero) is 1. The van der Waals surface area contributed by atoms with Gasteiger partial charge in [0, 0.05) is 13.5 Å². The second kappa shape index (κ2) is 5.00. The molecule has 78 valence electrons. The average molecular weight is 212 g/mol. The van der Waals surface area contributed by atoms with Crippen molar-refractivity contribution in [2.24, 2.45) is 0 Å². The number of nitrogens with one attached hydrogen (secondary N) is 1. The molecular formula is C10H16N2OS. The van der Waals surface area contributed by atoms with Gasteiger partial charge in [-0.1, -0.05) is 13.3 Å². The Morgan fingerprint density at radius 1 is 1.64 bits per heavy atom. The number of anilines is 2. The van der Waals surface area contributed by atoms with Gasteiger partial charge in [-0.25, -0.2) is 0 Å². The number of rotatable bonds is 5. The van der Waals surface area contributed by atoms with Gasteiger partial charge in [-0.05, 0) is 12.5 Å². The van der Waals surface area contributed by atoms with E-state index < -0.39 is 0 Å². The molecule has 0 bridgehead atoms. The minimum Gasteiger partial charge on any atom is -0.397 e. The summed E-state index contributed by atoms with van der Waals surface area (Å²) in [6.07, 6.45) is 2.29. The van der Waals surface area contributed by atoms with E-state index in [9.17, 15) is 4.79 Å². The molecule has 0 atom stereocenters. The fourth-order valence-corrected chi connectivity index (χ4v) is 2.06. The van der Waals surface area contributed by atoms with Crippen molar-refractivity contribution in [2.45, 2.75) is 26.7 Å². The van der Waals surface area contributed by atoms with Gasteiger partial charge in [0.05, 0.1) is 15.6 Å². The lowest BCUT2D eigenvalue weighted by Gasteiger charge is -1.99. The number of nitrogens with two attached hydrogens (primary N) is 1. The van der Waals surface area contributed by atoms with E-state index in [1.165, 1.54) is 18.3 Å². The van der Waals surface area contributed by atoms with Crippen LogP contribution >= 0.6 is 11.3 Å². The Labute approximate surface area is 88.3 Å². The summed E-state index contributed by atoms with van der Waals surface area (Å²) in [6, 6.07) is 1.83. The fraction of sp³-hybridized carbons (Fsp3) is 0.500. The molecule has 0 amide bonds. The number of hydrogen-bond acceptors (Lipinski definition) is 4. The first-order valence-electron chi connectivity index (χ1n) is 4.79. The quantitative estimate of drug-likeness (QED) is 0.583. The average Bonchev–Trinajstić information content (AvgIpc) is 2.47. The van der Waals surface area contributed by atoms with Crippen LogP contribution in [0.2, 0.25) is 0 Å². The molecule has 1 heterocycles. The molecule has 0 aliphatic carbocycles. The number of carbonyl (C=O) groups excluding carboxylic acids is 1. The summed E-state index contributed by atoms with van der Waals surface area (Å²) in [5.41, 5.74) is 6.28. The Balaban J connectivity index is 2.62. The van der Waals surface area contributed by atoms with Crippen molar-refractivity contribution in [3.8, 4) is 0 Å². The zero-order chi connectivity index (χ0) is 10.6. The largest absolute Gasteiger partial charge is 0.397 e. The van der Waals surface area contributed by atoms with Crippen molar-refractivity contribution >= 4 is 27.8 Å². The van der Waals surface area contributed by atoms with Gasteiger partial charge in [0.1, 0.15) is 0 Å². The van der Waals surface area contributed by atoms with E-state index >= 15 is 0 Å². The zero-order valence-corrected chi connectivity index (χ0v) is 9.41. The number of unbranched alkanes of at least 4 members (excludes halogenated alkanes) is 1. The van der Waals surface area contributed by atoms with Crippen LogP contribution in [0.1, 0.15) is 36.4 Å². The Bertz CT molecular complexity index is 320. The zero-order valence-electron chi connectivity index (χ0n) is 8.59. The molecule has 0 unspecified atom stereocenters. The number of nitrogen functional groups attached to an aromatic ring is 1. The van der Waals surface area contributed by atoms with Crippen molar-refractivity contribution in [3.63, 3.8) is 0 Å². The monoisotopic (exact) mass is 212 g/mol. The molecule has 0 saturated heterocycles. The maximum atomic E-state index is 11.1. The molecule has 1 aromatic rings. The standard InChI is InChI=1S/C10H16N2OS/c1-3-4-5-12-9-6-8(11)10(14-9)7(2)13/h6,12H,3-5,11H2,1-2H3. The molecule has 0 aliphatic heterocycles. The van der Waals surface area contributed by atoms with Crippen LogP contribution in [0.25, 0.3) is 0 Å². The highest BCUT2D eigenvalue weighted by Gasteiger charge is 2.09. The lowest BCUT2D eigenvalue weighted by molar-refractivity contribution is 0.102. The molecule has 3 N–H and O–H groups in total. The summed E-state index contributed by atoms with van der Waals surface area (Å²) in [5, 5.41) is 4.24. The summed E-state index contributed by atoms with van der Waals surface area (Å²) in [5.74, 6) is 0.0380. The van der Waals surface area contributed by atoms with E-state index in [-0.39, 0.29) is 5.78 Å². The van der Waals surface area contributed by atoms with Crippen LogP contribution in [-0.2, 0) is 0 Å². The lowest BCUT2D eigenvalue weighted by atomic mass is 10.3. The Morgan fingerprint density at radius 2 is 2.36 bits per heavy atom. The summed E-state index contributed by atoms with van der Waals surface area (Å²) in [6.45, 7) is 4.62. The van der Waals surface area contributed by atoms with Gasteiger partial charge in [-0.2, -0.15) is 0 Å². The van der Waals surface area contributed by atoms with Gasteiger partial charge in [0.15, 0.2) is 5.78 Å². The van der Waals surface area contributed by atoms with Gasteiger partial charge in [-0.3, -0.25) is 4.79 Å². The van der Waals surface area contributed by atoms with Crippen molar-refractivity contribution in [1.82, 2.24) is 0 Å². The summed E-state index contributed by atoms with van der Waals surface area (Å²) >= 11 is 1.43. The Hall–Kier alpha value is -1.03. The number of thiophene rings is 1. The van der Waals surface area contributed by atoms with Gasteiger partial charge in [-0.15, -0.1) is 11.3 Å².